The summed E-state index contributed by atoms with van der Waals surface area (Å²) in [6.45, 7) is 0.589. The maximum atomic E-state index is 9.12. The monoisotopic (exact) mass is 343 g/mol. The van der Waals surface area contributed by atoms with Crippen LogP contribution < -0.4 is 10.5 Å². The Bertz CT molecular complexity index is 599. The molecule has 1 atom stereocenters. The van der Waals surface area contributed by atoms with E-state index < -0.39 is 0 Å². The molecule has 1 aromatic carbocycles. The Balaban J connectivity index is 0.00000220. The van der Waals surface area contributed by atoms with Crippen LogP contribution in [0.2, 0.25) is 5.02 Å². The molecule has 112 valence electrons. The van der Waals surface area contributed by atoms with Gasteiger partial charge in [-0.15, -0.1) is 23.7 Å². The van der Waals surface area contributed by atoms with Gasteiger partial charge < -0.3 is 10.5 Å². The molecular weight excluding hydrogens is 329 g/mol. The number of nitrogens with zero attached hydrogens (tertiary/aromatic N) is 2. The summed E-state index contributed by atoms with van der Waals surface area (Å²) >= 11 is 7.49. The van der Waals surface area contributed by atoms with Gasteiger partial charge in [-0.3, -0.25) is 0 Å². The second kappa shape index (κ2) is 8.85. The summed E-state index contributed by atoms with van der Waals surface area (Å²) < 4.78 is 5.95. The molecular formula is C14H15Cl2N3OS. The normalized spacial score (nSPS) is 11.3. The summed E-state index contributed by atoms with van der Waals surface area (Å²) in [5.74, 6) is 0.484. The van der Waals surface area contributed by atoms with Gasteiger partial charge in [-0.1, -0.05) is 11.6 Å². The first-order valence-electron chi connectivity index (χ1n) is 6.20. The smallest absolute Gasteiger partial charge is 0.150 e. The van der Waals surface area contributed by atoms with Gasteiger partial charge in [0, 0.05) is 22.7 Å². The van der Waals surface area contributed by atoms with Crippen LogP contribution in [-0.4, -0.2) is 11.5 Å². The highest BCUT2D eigenvalue weighted by Crippen LogP contribution is 2.31. The second-order valence-corrected chi connectivity index (χ2v) is 5.52. The Kier molecular flexibility index (Phi) is 7.48. The molecule has 0 saturated heterocycles. The molecule has 0 radical (unpaired) electrons. The number of ether oxygens (including phenoxy) is 1. The fraction of sp³-hybridized carbons (Fsp3) is 0.286. The maximum Gasteiger partial charge on any atom is 0.150 e. The zero-order valence-electron chi connectivity index (χ0n) is 11.2. The molecule has 0 aliphatic carbocycles. The topological polar surface area (TPSA) is 71.9 Å². The van der Waals surface area contributed by atoms with Crippen molar-refractivity contribution in [2.24, 2.45) is 5.73 Å². The van der Waals surface area contributed by atoms with Crippen LogP contribution in [0.3, 0.4) is 0 Å². The van der Waals surface area contributed by atoms with E-state index in [0.29, 0.717) is 22.9 Å². The molecule has 4 nitrogen and oxygen atoms in total. The highest BCUT2D eigenvalue weighted by Gasteiger charge is 2.17. The number of hydrogen-bond donors (Lipinski definition) is 1. The van der Waals surface area contributed by atoms with Crippen molar-refractivity contribution < 1.29 is 4.74 Å². The average Bonchev–Trinajstić information content (AvgIpc) is 2.97. The number of benzene rings is 1. The lowest BCUT2D eigenvalue weighted by Gasteiger charge is -2.17. The number of rotatable bonds is 6. The lowest BCUT2D eigenvalue weighted by Crippen LogP contribution is -2.11. The van der Waals surface area contributed by atoms with E-state index in [1.54, 1.807) is 24.4 Å². The van der Waals surface area contributed by atoms with E-state index in [4.69, 9.17) is 27.3 Å². The highest BCUT2D eigenvalue weighted by molar-refractivity contribution is 7.09. The molecule has 0 bridgehead atoms. The quantitative estimate of drug-likeness (QED) is 0.861. The third-order valence-corrected chi connectivity index (χ3v) is 3.83. The Morgan fingerprint density at radius 3 is 2.90 bits per heavy atom. The van der Waals surface area contributed by atoms with Crippen LogP contribution in [0, 0.1) is 11.3 Å². The predicted molar refractivity (Wildman–Crippen MR) is 87.2 cm³/mol. The minimum atomic E-state index is -0.205. The largest absolute Gasteiger partial charge is 0.482 e. The van der Waals surface area contributed by atoms with Crippen molar-refractivity contribution >= 4 is 35.3 Å². The van der Waals surface area contributed by atoms with Gasteiger partial charge >= 0.3 is 0 Å². The van der Waals surface area contributed by atoms with E-state index in [9.17, 15) is 0 Å². The van der Waals surface area contributed by atoms with Gasteiger partial charge in [-0.25, -0.2) is 4.98 Å². The zero-order chi connectivity index (χ0) is 14.4. The van der Waals surface area contributed by atoms with Crippen LogP contribution in [-0.2, 0) is 0 Å². The fourth-order valence-electron chi connectivity index (χ4n) is 1.77. The number of thiazole rings is 1. The molecule has 2 rings (SSSR count). The minimum absolute atomic E-state index is 0. The average molecular weight is 344 g/mol. The molecule has 2 N–H and O–H groups in total. The van der Waals surface area contributed by atoms with Gasteiger partial charge in [0.15, 0.2) is 6.10 Å². The van der Waals surface area contributed by atoms with E-state index in [0.717, 1.165) is 17.8 Å². The van der Waals surface area contributed by atoms with E-state index >= 15 is 0 Å². The summed E-state index contributed by atoms with van der Waals surface area (Å²) in [6, 6.07) is 7.08. The van der Waals surface area contributed by atoms with Crippen molar-refractivity contribution in [2.75, 3.05) is 6.54 Å². The lowest BCUT2D eigenvalue weighted by molar-refractivity contribution is 0.191. The number of hydrogen-bond acceptors (Lipinski definition) is 5. The second-order valence-electron chi connectivity index (χ2n) is 4.16. The van der Waals surface area contributed by atoms with Gasteiger partial charge in [0.25, 0.3) is 0 Å². The van der Waals surface area contributed by atoms with Crippen LogP contribution in [0.5, 0.6) is 5.75 Å². The predicted octanol–water partition coefficient (Wildman–Crippen LogP) is 3.95. The van der Waals surface area contributed by atoms with Gasteiger partial charge in [0.2, 0.25) is 0 Å². The Hall–Kier alpha value is -1.32. The van der Waals surface area contributed by atoms with E-state index in [1.165, 1.54) is 11.3 Å². The molecule has 1 heterocycles. The van der Waals surface area contributed by atoms with Crippen molar-refractivity contribution in [3.8, 4) is 11.8 Å². The zero-order valence-corrected chi connectivity index (χ0v) is 13.5. The molecule has 0 spiro atoms. The number of aromatic nitrogens is 1. The van der Waals surface area contributed by atoms with Crippen LogP contribution in [0.25, 0.3) is 0 Å². The number of nitriles is 1. The Morgan fingerprint density at radius 2 is 2.29 bits per heavy atom. The van der Waals surface area contributed by atoms with Gasteiger partial charge in [-0.05, 0) is 31.5 Å². The molecule has 21 heavy (non-hydrogen) atoms. The van der Waals surface area contributed by atoms with E-state index in [1.807, 2.05) is 5.38 Å². The van der Waals surface area contributed by atoms with E-state index in [2.05, 4.69) is 11.1 Å². The van der Waals surface area contributed by atoms with E-state index in [-0.39, 0.29) is 18.5 Å². The fourth-order valence-corrected chi connectivity index (χ4v) is 2.63. The van der Waals surface area contributed by atoms with Gasteiger partial charge in [-0.2, -0.15) is 5.26 Å². The first kappa shape index (κ1) is 17.7. The molecule has 1 aromatic heterocycles. The van der Waals surface area contributed by atoms with Crippen LogP contribution in [0.15, 0.2) is 29.8 Å². The molecule has 2 aromatic rings. The van der Waals surface area contributed by atoms with Crippen molar-refractivity contribution in [1.29, 1.82) is 5.26 Å². The molecule has 1 unspecified atom stereocenters. The lowest BCUT2D eigenvalue weighted by atomic mass is 10.2. The number of nitrogens with two attached hydrogens (primary N) is 1. The maximum absolute atomic E-state index is 9.12. The van der Waals surface area contributed by atoms with Gasteiger partial charge in [0.1, 0.15) is 16.8 Å². The third kappa shape index (κ3) is 4.87. The van der Waals surface area contributed by atoms with Crippen molar-refractivity contribution in [2.45, 2.75) is 18.9 Å². The molecule has 0 fully saturated rings. The molecule has 0 amide bonds. The SMILES string of the molecule is Cl.N#Cc1ccc(Cl)cc1OC(CCCN)c1nccs1. The standard InChI is InChI=1S/C14H14ClN3OS.ClH/c15-11-4-3-10(9-17)13(8-11)19-12(2-1-5-16)14-18-6-7-20-14;/h3-4,6-8,12H,1-2,5,16H2;1H. The molecule has 0 aliphatic heterocycles. The number of halogens is 2. The van der Waals surface area contributed by atoms with Crippen molar-refractivity contribution in [3.05, 3.63) is 45.4 Å². The Labute approximate surface area is 138 Å². The van der Waals surface area contributed by atoms with Crippen molar-refractivity contribution in [1.82, 2.24) is 4.98 Å². The highest BCUT2D eigenvalue weighted by atomic mass is 35.5. The molecule has 0 aliphatic rings. The summed E-state index contributed by atoms with van der Waals surface area (Å²) in [5, 5.41) is 12.4. The third-order valence-electron chi connectivity index (χ3n) is 2.73. The summed E-state index contributed by atoms with van der Waals surface area (Å²) in [6.07, 6.45) is 3.11. The molecule has 0 saturated carbocycles. The summed E-state index contributed by atoms with van der Waals surface area (Å²) in [5.41, 5.74) is 6.02. The first-order chi connectivity index (χ1) is 9.74. The molecule has 7 heteroatoms. The first-order valence-corrected chi connectivity index (χ1v) is 7.46. The van der Waals surface area contributed by atoms with Crippen LogP contribution >= 0.6 is 35.3 Å². The Morgan fingerprint density at radius 1 is 1.48 bits per heavy atom. The minimum Gasteiger partial charge on any atom is -0.482 e. The van der Waals surface area contributed by atoms with Gasteiger partial charge in [0.05, 0.1) is 5.56 Å². The summed E-state index contributed by atoms with van der Waals surface area (Å²) in [4.78, 5) is 4.28. The van der Waals surface area contributed by atoms with Crippen LogP contribution in [0.1, 0.15) is 29.5 Å². The van der Waals surface area contributed by atoms with Crippen molar-refractivity contribution in [3.63, 3.8) is 0 Å². The van der Waals surface area contributed by atoms with Crippen LogP contribution in [0.4, 0.5) is 0 Å². The summed E-state index contributed by atoms with van der Waals surface area (Å²) in [7, 11) is 0.